The minimum atomic E-state index is -0.118. The molecule has 118 valence electrons. The first-order valence-electron chi connectivity index (χ1n) is 7.31. The summed E-state index contributed by atoms with van der Waals surface area (Å²) in [7, 11) is 0. The molecule has 0 bridgehead atoms. The summed E-state index contributed by atoms with van der Waals surface area (Å²) in [5, 5.41) is 3.11. The number of benzene rings is 2. The van der Waals surface area contributed by atoms with Crippen LogP contribution in [0.4, 0.5) is 0 Å². The number of nitrogens with one attached hydrogen (secondary N) is 1. The van der Waals surface area contributed by atoms with Crippen molar-refractivity contribution < 1.29 is 4.79 Å². The second kappa shape index (κ2) is 9.23. The smallest absolute Gasteiger partial charge is 0.220 e. The molecule has 0 aliphatic heterocycles. The molecule has 0 fully saturated rings. The number of hydrogen-bond acceptors (Lipinski definition) is 2. The summed E-state index contributed by atoms with van der Waals surface area (Å²) in [5.41, 5.74) is 7.88. The van der Waals surface area contributed by atoms with Gasteiger partial charge in [0.25, 0.3) is 0 Å². The normalized spacial score (nSPS) is 11.6. The van der Waals surface area contributed by atoms with Gasteiger partial charge in [0, 0.05) is 12.5 Å². The van der Waals surface area contributed by atoms with Gasteiger partial charge in [-0.3, -0.25) is 4.79 Å². The number of rotatable bonds is 6. The third kappa shape index (κ3) is 5.51. The highest BCUT2D eigenvalue weighted by Gasteiger charge is 2.16. The van der Waals surface area contributed by atoms with E-state index in [9.17, 15) is 4.79 Å². The molecule has 2 aromatic carbocycles. The quantitative estimate of drug-likeness (QED) is 0.857. The first-order valence-corrected chi connectivity index (χ1v) is 7.31. The zero-order chi connectivity index (χ0) is 15.1. The highest BCUT2D eigenvalue weighted by Crippen LogP contribution is 2.21. The SMILES string of the molecule is CC(N)CCC(=O)NC(c1ccccc1)c1ccccc1.Cl. The van der Waals surface area contributed by atoms with Crippen LogP contribution >= 0.6 is 12.4 Å². The minimum Gasteiger partial charge on any atom is -0.345 e. The zero-order valence-electron chi connectivity index (χ0n) is 12.7. The Morgan fingerprint density at radius 3 is 1.86 bits per heavy atom. The molecular weight excluding hydrogens is 296 g/mol. The van der Waals surface area contributed by atoms with Crippen LogP contribution < -0.4 is 11.1 Å². The molecule has 0 aliphatic rings. The lowest BCUT2D eigenvalue weighted by Gasteiger charge is -2.20. The van der Waals surface area contributed by atoms with Gasteiger partial charge in [-0.25, -0.2) is 0 Å². The molecular formula is C18H23ClN2O. The van der Waals surface area contributed by atoms with E-state index in [0.29, 0.717) is 12.8 Å². The van der Waals surface area contributed by atoms with Crippen molar-refractivity contribution in [2.45, 2.75) is 31.8 Å². The third-order valence-electron chi connectivity index (χ3n) is 3.40. The molecule has 1 unspecified atom stereocenters. The van der Waals surface area contributed by atoms with E-state index >= 15 is 0 Å². The number of nitrogens with two attached hydrogens (primary N) is 1. The summed E-state index contributed by atoms with van der Waals surface area (Å²) in [5.74, 6) is 0.0324. The molecule has 1 atom stereocenters. The summed E-state index contributed by atoms with van der Waals surface area (Å²) in [6.07, 6.45) is 1.15. The van der Waals surface area contributed by atoms with Crippen molar-refractivity contribution in [3.05, 3.63) is 71.8 Å². The Hall–Kier alpha value is -1.84. The Labute approximate surface area is 138 Å². The van der Waals surface area contributed by atoms with Crippen molar-refractivity contribution in [1.82, 2.24) is 5.32 Å². The monoisotopic (exact) mass is 318 g/mol. The van der Waals surface area contributed by atoms with Gasteiger partial charge in [-0.1, -0.05) is 60.7 Å². The van der Waals surface area contributed by atoms with E-state index in [1.807, 2.05) is 67.6 Å². The third-order valence-corrected chi connectivity index (χ3v) is 3.40. The fourth-order valence-electron chi connectivity index (χ4n) is 2.24. The molecule has 2 aromatic rings. The van der Waals surface area contributed by atoms with Crippen molar-refractivity contribution in [2.75, 3.05) is 0 Å². The maximum atomic E-state index is 12.1. The number of carbonyl (C=O) groups is 1. The van der Waals surface area contributed by atoms with Crippen LogP contribution in [0.25, 0.3) is 0 Å². The van der Waals surface area contributed by atoms with Crippen molar-refractivity contribution in [1.29, 1.82) is 0 Å². The summed E-state index contributed by atoms with van der Waals surface area (Å²) in [4.78, 5) is 12.1. The molecule has 0 radical (unpaired) electrons. The van der Waals surface area contributed by atoms with Gasteiger partial charge in [0.15, 0.2) is 0 Å². The first-order chi connectivity index (χ1) is 10.2. The van der Waals surface area contributed by atoms with Crippen LogP contribution in [0.15, 0.2) is 60.7 Å². The summed E-state index contributed by atoms with van der Waals surface area (Å²) < 4.78 is 0. The fourth-order valence-corrected chi connectivity index (χ4v) is 2.24. The molecule has 2 rings (SSSR count). The van der Waals surface area contributed by atoms with Crippen LogP contribution in [0.5, 0.6) is 0 Å². The van der Waals surface area contributed by atoms with Gasteiger partial charge in [-0.05, 0) is 24.5 Å². The maximum absolute atomic E-state index is 12.1. The van der Waals surface area contributed by atoms with Gasteiger partial charge in [0.05, 0.1) is 6.04 Å². The lowest BCUT2D eigenvalue weighted by Crippen LogP contribution is -2.30. The predicted octanol–water partition coefficient (Wildman–Crippen LogP) is 3.44. The molecule has 0 aromatic heterocycles. The molecule has 1 amide bonds. The average Bonchev–Trinajstić information content (AvgIpc) is 2.52. The van der Waals surface area contributed by atoms with Crippen LogP contribution in [0.2, 0.25) is 0 Å². The molecule has 3 nitrogen and oxygen atoms in total. The second-order valence-corrected chi connectivity index (χ2v) is 5.34. The Morgan fingerprint density at radius 1 is 1.00 bits per heavy atom. The minimum absolute atomic E-state index is 0. The lowest BCUT2D eigenvalue weighted by molar-refractivity contribution is -0.121. The highest BCUT2D eigenvalue weighted by molar-refractivity contribution is 5.85. The maximum Gasteiger partial charge on any atom is 0.220 e. The van der Waals surface area contributed by atoms with Crippen LogP contribution in [-0.4, -0.2) is 11.9 Å². The van der Waals surface area contributed by atoms with Crippen LogP contribution in [0, 0.1) is 0 Å². The second-order valence-electron chi connectivity index (χ2n) is 5.34. The molecule has 3 N–H and O–H groups in total. The summed E-state index contributed by atoms with van der Waals surface area (Å²) in [6.45, 7) is 1.92. The molecule has 0 heterocycles. The van der Waals surface area contributed by atoms with E-state index in [0.717, 1.165) is 11.1 Å². The standard InChI is InChI=1S/C18H22N2O.ClH/c1-14(19)12-13-17(21)20-18(15-8-4-2-5-9-15)16-10-6-3-7-11-16;/h2-11,14,18H,12-13,19H2,1H3,(H,20,21);1H. The number of amides is 1. The van der Waals surface area contributed by atoms with Gasteiger partial charge in [-0.15, -0.1) is 12.4 Å². The van der Waals surface area contributed by atoms with Gasteiger partial charge < -0.3 is 11.1 Å². The fraction of sp³-hybridized carbons (Fsp3) is 0.278. The van der Waals surface area contributed by atoms with E-state index in [1.54, 1.807) is 0 Å². The summed E-state index contributed by atoms with van der Waals surface area (Å²) >= 11 is 0. The van der Waals surface area contributed by atoms with Crippen LogP contribution in [0.3, 0.4) is 0 Å². The topological polar surface area (TPSA) is 55.1 Å². The Kier molecular flexibility index (Phi) is 7.64. The highest BCUT2D eigenvalue weighted by atomic mass is 35.5. The Morgan fingerprint density at radius 2 is 1.45 bits per heavy atom. The Bertz CT molecular complexity index is 518. The first kappa shape index (κ1) is 18.2. The van der Waals surface area contributed by atoms with Crippen molar-refractivity contribution in [2.24, 2.45) is 5.73 Å². The van der Waals surface area contributed by atoms with Crippen LogP contribution in [0.1, 0.15) is 36.9 Å². The molecule has 22 heavy (non-hydrogen) atoms. The average molecular weight is 319 g/mol. The largest absolute Gasteiger partial charge is 0.345 e. The Balaban J connectivity index is 0.00000242. The molecule has 4 heteroatoms. The van der Waals surface area contributed by atoms with Crippen molar-refractivity contribution in [3.8, 4) is 0 Å². The van der Waals surface area contributed by atoms with Gasteiger partial charge >= 0.3 is 0 Å². The number of halogens is 1. The van der Waals surface area contributed by atoms with Crippen molar-refractivity contribution in [3.63, 3.8) is 0 Å². The van der Waals surface area contributed by atoms with Gasteiger partial charge in [0.2, 0.25) is 5.91 Å². The van der Waals surface area contributed by atoms with Gasteiger partial charge in [-0.2, -0.15) is 0 Å². The molecule has 0 aliphatic carbocycles. The van der Waals surface area contributed by atoms with E-state index < -0.39 is 0 Å². The predicted molar refractivity (Wildman–Crippen MR) is 93.0 cm³/mol. The van der Waals surface area contributed by atoms with Gasteiger partial charge in [0.1, 0.15) is 0 Å². The van der Waals surface area contributed by atoms with E-state index in [-0.39, 0.29) is 30.4 Å². The van der Waals surface area contributed by atoms with Crippen LogP contribution in [-0.2, 0) is 4.79 Å². The number of hydrogen-bond donors (Lipinski definition) is 2. The summed E-state index contributed by atoms with van der Waals surface area (Å²) in [6, 6.07) is 19.9. The van der Waals surface area contributed by atoms with E-state index in [2.05, 4.69) is 5.32 Å². The molecule has 0 saturated heterocycles. The van der Waals surface area contributed by atoms with E-state index in [1.165, 1.54) is 0 Å². The van der Waals surface area contributed by atoms with E-state index in [4.69, 9.17) is 5.73 Å². The number of carbonyl (C=O) groups excluding carboxylic acids is 1. The molecule has 0 saturated carbocycles. The van der Waals surface area contributed by atoms with Crippen molar-refractivity contribution >= 4 is 18.3 Å². The lowest BCUT2D eigenvalue weighted by atomic mass is 9.98. The zero-order valence-corrected chi connectivity index (χ0v) is 13.6. The molecule has 0 spiro atoms.